The third-order valence-electron chi connectivity index (χ3n) is 3.93. The number of nitrogens with two attached hydrogens (primary N) is 1. The molecular weight excluding hydrogens is 200 g/mol. The van der Waals surface area contributed by atoms with Gasteiger partial charge in [-0.2, -0.15) is 0 Å². The molecule has 1 aromatic carbocycles. The van der Waals surface area contributed by atoms with Crippen LogP contribution in [0.4, 0.5) is 5.69 Å². The first kappa shape index (κ1) is 9.97. The molecule has 1 saturated heterocycles. The summed E-state index contributed by atoms with van der Waals surface area (Å²) >= 11 is 0. The molecule has 16 heavy (non-hydrogen) atoms. The standard InChI is InChI=1S/C13H18N2O/c14-8-11-3-1-2-10-6-9-7-12(16)4-5-13(9)15(10)11/h4-5,7,10-11,16H,1-3,6,8,14H2. The molecule has 0 radical (unpaired) electrons. The van der Waals surface area contributed by atoms with Gasteiger partial charge in [0.05, 0.1) is 0 Å². The molecule has 0 saturated carbocycles. The zero-order valence-corrected chi connectivity index (χ0v) is 9.39. The van der Waals surface area contributed by atoms with Gasteiger partial charge < -0.3 is 15.7 Å². The number of rotatable bonds is 1. The van der Waals surface area contributed by atoms with Gasteiger partial charge in [0, 0.05) is 24.3 Å². The lowest BCUT2D eigenvalue weighted by molar-refractivity contribution is 0.399. The number of hydrogen-bond acceptors (Lipinski definition) is 3. The van der Waals surface area contributed by atoms with Gasteiger partial charge in [0.15, 0.2) is 0 Å². The molecule has 0 bridgehead atoms. The van der Waals surface area contributed by atoms with E-state index in [-0.39, 0.29) is 0 Å². The van der Waals surface area contributed by atoms with E-state index in [1.54, 1.807) is 6.07 Å². The summed E-state index contributed by atoms with van der Waals surface area (Å²) in [5.74, 6) is 0.378. The molecule has 3 nitrogen and oxygen atoms in total. The predicted octanol–water partition coefficient (Wildman–Crippen LogP) is 1.63. The van der Waals surface area contributed by atoms with Crippen molar-refractivity contribution in [2.45, 2.75) is 37.8 Å². The Morgan fingerprint density at radius 1 is 1.38 bits per heavy atom. The van der Waals surface area contributed by atoms with E-state index in [9.17, 15) is 5.11 Å². The van der Waals surface area contributed by atoms with E-state index in [2.05, 4.69) is 4.90 Å². The Bertz CT molecular complexity index is 405. The van der Waals surface area contributed by atoms with Crippen LogP contribution in [0.5, 0.6) is 5.75 Å². The average Bonchev–Trinajstić information content (AvgIpc) is 2.65. The summed E-state index contributed by atoms with van der Waals surface area (Å²) in [7, 11) is 0. The number of fused-ring (bicyclic) bond motifs is 3. The summed E-state index contributed by atoms with van der Waals surface area (Å²) in [6, 6.07) is 6.83. The molecule has 0 spiro atoms. The van der Waals surface area contributed by atoms with Crippen molar-refractivity contribution < 1.29 is 5.11 Å². The zero-order valence-electron chi connectivity index (χ0n) is 9.39. The minimum Gasteiger partial charge on any atom is -0.508 e. The number of hydrogen-bond donors (Lipinski definition) is 2. The summed E-state index contributed by atoms with van der Waals surface area (Å²) in [6.45, 7) is 0.733. The van der Waals surface area contributed by atoms with Gasteiger partial charge >= 0.3 is 0 Å². The monoisotopic (exact) mass is 218 g/mol. The van der Waals surface area contributed by atoms with Crippen LogP contribution >= 0.6 is 0 Å². The van der Waals surface area contributed by atoms with Crippen molar-refractivity contribution in [2.24, 2.45) is 5.73 Å². The smallest absolute Gasteiger partial charge is 0.116 e. The third-order valence-corrected chi connectivity index (χ3v) is 3.93. The van der Waals surface area contributed by atoms with Gasteiger partial charge in [-0.15, -0.1) is 0 Å². The maximum Gasteiger partial charge on any atom is 0.116 e. The Morgan fingerprint density at radius 3 is 3.06 bits per heavy atom. The van der Waals surface area contributed by atoms with Gasteiger partial charge in [0.1, 0.15) is 5.75 Å². The van der Waals surface area contributed by atoms with Crippen LogP contribution in [0.2, 0.25) is 0 Å². The molecule has 3 N–H and O–H groups in total. The summed E-state index contributed by atoms with van der Waals surface area (Å²) in [5.41, 5.74) is 8.43. The molecule has 0 amide bonds. The number of piperidine rings is 1. The predicted molar refractivity (Wildman–Crippen MR) is 64.8 cm³/mol. The van der Waals surface area contributed by atoms with Crippen molar-refractivity contribution in [3.8, 4) is 5.75 Å². The molecule has 2 unspecified atom stereocenters. The molecule has 0 aliphatic carbocycles. The lowest BCUT2D eigenvalue weighted by Crippen LogP contribution is -2.48. The van der Waals surface area contributed by atoms with Crippen LogP contribution in [0.15, 0.2) is 18.2 Å². The second-order valence-electron chi connectivity index (χ2n) is 4.90. The highest BCUT2D eigenvalue weighted by atomic mass is 16.3. The van der Waals surface area contributed by atoms with Gasteiger partial charge in [-0.05, 0) is 49.4 Å². The van der Waals surface area contributed by atoms with Crippen LogP contribution in [0.1, 0.15) is 24.8 Å². The number of nitrogens with zero attached hydrogens (tertiary/aromatic N) is 1. The summed E-state index contributed by atoms with van der Waals surface area (Å²) < 4.78 is 0. The van der Waals surface area contributed by atoms with Crippen LogP contribution in [-0.4, -0.2) is 23.7 Å². The third kappa shape index (κ3) is 1.39. The van der Waals surface area contributed by atoms with E-state index in [4.69, 9.17) is 5.73 Å². The van der Waals surface area contributed by atoms with Gasteiger partial charge in [-0.1, -0.05) is 0 Å². The van der Waals surface area contributed by atoms with Crippen molar-refractivity contribution in [1.29, 1.82) is 0 Å². The molecule has 1 fully saturated rings. The Hall–Kier alpha value is -1.22. The SMILES string of the molecule is NCC1CCCC2Cc3cc(O)ccc3N12. The fraction of sp³-hybridized carbons (Fsp3) is 0.538. The molecule has 2 aliphatic rings. The van der Waals surface area contributed by atoms with E-state index in [0.717, 1.165) is 13.0 Å². The van der Waals surface area contributed by atoms with Crippen molar-refractivity contribution in [3.05, 3.63) is 23.8 Å². The van der Waals surface area contributed by atoms with Crippen LogP contribution in [0, 0.1) is 0 Å². The number of aromatic hydroxyl groups is 1. The summed E-state index contributed by atoms with van der Waals surface area (Å²) in [6.07, 6.45) is 4.81. The highest BCUT2D eigenvalue weighted by Crippen LogP contribution is 2.40. The normalized spacial score (nSPS) is 27.7. The summed E-state index contributed by atoms with van der Waals surface area (Å²) in [4.78, 5) is 2.48. The molecule has 2 aliphatic heterocycles. The highest BCUT2D eigenvalue weighted by molar-refractivity contribution is 5.62. The first-order valence-electron chi connectivity index (χ1n) is 6.10. The molecular formula is C13H18N2O. The lowest BCUT2D eigenvalue weighted by atomic mass is 9.96. The minimum absolute atomic E-state index is 0.378. The van der Waals surface area contributed by atoms with Crippen LogP contribution in [0.25, 0.3) is 0 Å². The van der Waals surface area contributed by atoms with Crippen LogP contribution in [-0.2, 0) is 6.42 Å². The first-order chi connectivity index (χ1) is 7.79. The minimum atomic E-state index is 0.378. The fourth-order valence-electron chi connectivity index (χ4n) is 3.23. The van der Waals surface area contributed by atoms with Gasteiger partial charge in [-0.25, -0.2) is 0 Å². The van der Waals surface area contributed by atoms with Crippen molar-refractivity contribution in [1.82, 2.24) is 0 Å². The van der Waals surface area contributed by atoms with E-state index in [1.165, 1.54) is 30.5 Å². The molecule has 86 valence electrons. The second-order valence-corrected chi connectivity index (χ2v) is 4.90. The number of phenols is 1. The average molecular weight is 218 g/mol. The maximum atomic E-state index is 9.51. The van der Waals surface area contributed by atoms with Gasteiger partial charge in [-0.3, -0.25) is 0 Å². The van der Waals surface area contributed by atoms with E-state index < -0.39 is 0 Å². The Morgan fingerprint density at radius 2 is 2.25 bits per heavy atom. The quantitative estimate of drug-likeness (QED) is 0.753. The first-order valence-corrected chi connectivity index (χ1v) is 6.10. The van der Waals surface area contributed by atoms with Crippen LogP contribution < -0.4 is 10.6 Å². The second kappa shape index (κ2) is 3.67. The number of anilines is 1. The highest BCUT2D eigenvalue weighted by Gasteiger charge is 2.36. The van der Waals surface area contributed by atoms with Crippen molar-refractivity contribution in [2.75, 3.05) is 11.4 Å². The van der Waals surface area contributed by atoms with E-state index in [1.807, 2.05) is 12.1 Å². The van der Waals surface area contributed by atoms with Crippen molar-refractivity contribution >= 4 is 5.69 Å². The van der Waals surface area contributed by atoms with Crippen LogP contribution in [0.3, 0.4) is 0 Å². The molecule has 1 aromatic rings. The lowest BCUT2D eigenvalue weighted by Gasteiger charge is -2.39. The van der Waals surface area contributed by atoms with Crippen molar-refractivity contribution in [3.63, 3.8) is 0 Å². The summed E-state index contributed by atoms with van der Waals surface area (Å²) in [5, 5.41) is 9.51. The molecule has 3 rings (SSSR count). The maximum absolute atomic E-state index is 9.51. The van der Waals surface area contributed by atoms with Gasteiger partial charge in [0.25, 0.3) is 0 Å². The molecule has 0 aromatic heterocycles. The van der Waals surface area contributed by atoms with E-state index in [0.29, 0.717) is 17.8 Å². The molecule has 2 atom stereocenters. The van der Waals surface area contributed by atoms with E-state index >= 15 is 0 Å². The number of phenolic OH excluding ortho intramolecular Hbond substituents is 1. The topological polar surface area (TPSA) is 49.5 Å². The molecule has 3 heteroatoms. The Balaban J connectivity index is 2.00. The fourth-order valence-corrected chi connectivity index (χ4v) is 3.23. The Labute approximate surface area is 95.9 Å². The zero-order chi connectivity index (χ0) is 11.1. The number of benzene rings is 1. The van der Waals surface area contributed by atoms with Gasteiger partial charge in [0.2, 0.25) is 0 Å². The molecule has 2 heterocycles. The Kier molecular flexibility index (Phi) is 2.28. The largest absolute Gasteiger partial charge is 0.508 e.